The van der Waals surface area contributed by atoms with Crippen molar-refractivity contribution in [1.29, 1.82) is 0 Å². The van der Waals surface area contributed by atoms with Crippen molar-refractivity contribution in [3.05, 3.63) is 87.6 Å². The summed E-state index contributed by atoms with van der Waals surface area (Å²) in [6.07, 6.45) is 4.29. The number of allylic oxidation sites excluding steroid dienone is 1. The Bertz CT molecular complexity index is 1160. The lowest BCUT2D eigenvalue weighted by atomic mass is 10.2. The normalized spacial score (nSPS) is 16.8. The number of nitrogens with one attached hydrogen (secondary N) is 1. The first-order valence-electron chi connectivity index (χ1n) is 8.23. The van der Waals surface area contributed by atoms with Crippen LogP contribution in [0.3, 0.4) is 0 Å². The van der Waals surface area contributed by atoms with Gasteiger partial charge in [-0.2, -0.15) is 0 Å². The van der Waals surface area contributed by atoms with Crippen molar-refractivity contribution >= 4 is 38.5 Å². The molecule has 0 saturated heterocycles. The highest BCUT2D eigenvalue weighted by molar-refractivity contribution is 7.97. The highest BCUT2D eigenvalue weighted by Crippen LogP contribution is 2.39. The number of hydrogen-bond acceptors (Lipinski definition) is 6. The van der Waals surface area contributed by atoms with Crippen LogP contribution in [0.1, 0.15) is 15.2 Å². The van der Waals surface area contributed by atoms with Gasteiger partial charge in [-0.15, -0.1) is 11.3 Å². The lowest BCUT2D eigenvalue weighted by Crippen LogP contribution is -2.38. The van der Waals surface area contributed by atoms with Crippen molar-refractivity contribution in [3.8, 4) is 0 Å². The monoisotopic (exact) mass is 415 g/mol. The second-order valence-electron chi connectivity index (χ2n) is 6.00. The van der Waals surface area contributed by atoms with Gasteiger partial charge in [-0.25, -0.2) is 12.8 Å². The van der Waals surface area contributed by atoms with Gasteiger partial charge in [0.05, 0.1) is 24.1 Å². The van der Waals surface area contributed by atoms with Gasteiger partial charge in [-0.1, -0.05) is 12.1 Å². The van der Waals surface area contributed by atoms with E-state index in [1.165, 1.54) is 52.3 Å². The Morgan fingerprint density at radius 1 is 1.18 bits per heavy atom. The largest absolute Gasteiger partial charge is 0.359 e. The molecule has 9 heteroatoms. The number of carbonyl (C=O) groups is 1. The summed E-state index contributed by atoms with van der Waals surface area (Å²) in [6, 6.07) is 10.6. The van der Waals surface area contributed by atoms with Gasteiger partial charge in [0.1, 0.15) is 10.7 Å². The molecule has 0 amide bonds. The van der Waals surface area contributed by atoms with Crippen LogP contribution in [0, 0.1) is 5.82 Å². The number of hydrogen-bond donors (Lipinski definition) is 1. The molecule has 3 aromatic rings. The van der Waals surface area contributed by atoms with Crippen molar-refractivity contribution in [2.45, 2.75) is 6.54 Å². The minimum absolute atomic E-state index is 0.0101. The van der Waals surface area contributed by atoms with Gasteiger partial charge in [0.15, 0.2) is 4.91 Å². The highest BCUT2D eigenvalue weighted by Gasteiger charge is 2.41. The fourth-order valence-corrected chi connectivity index (χ4v) is 5.29. The number of ketones is 1. The Balaban J connectivity index is 1.75. The number of benzene rings is 1. The number of sulfonamides is 1. The summed E-state index contributed by atoms with van der Waals surface area (Å²) in [4.78, 5) is 16.7. The third-order valence-electron chi connectivity index (χ3n) is 4.18. The minimum Gasteiger partial charge on any atom is -0.359 e. The number of Topliss-reactive ketones (excluding diaryl/α,β-unsaturated/α-hetero) is 1. The van der Waals surface area contributed by atoms with Gasteiger partial charge in [-0.05, 0) is 41.3 Å². The predicted molar refractivity (Wildman–Crippen MR) is 106 cm³/mol. The molecule has 2 aromatic heterocycles. The molecule has 0 fully saturated rings. The van der Waals surface area contributed by atoms with Gasteiger partial charge in [0.2, 0.25) is 5.78 Å². The molecule has 0 bridgehead atoms. The molecule has 6 nitrogen and oxygen atoms in total. The predicted octanol–water partition coefficient (Wildman–Crippen LogP) is 3.77. The fourth-order valence-electron chi connectivity index (χ4n) is 2.81. The zero-order chi connectivity index (χ0) is 19.7. The summed E-state index contributed by atoms with van der Waals surface area (Å²) in [5, 5.41) is 4.49. The maximum Gasteiger partial charge on any atom is 0.270 e. The van der Waals surface area contributed by atoms with E-state index in [1.807, 2.05) is 0 Å². The van der Waals surface area contributed by atoms with Crippen molar-refractivity contribution in [1.82, 2.24) is 4.98 Å². The standard InChI is InChI=1S/C19H14FN3O3S2/c20-14-5-3-13(4-6-14)12-23-16-7-9-27-19(16)18(24)17(28(23,25)26)11-22-15-2-1-8-21-10-15/h1-11,22H,12H2/b17-11-. The minimum atomic E-state index is -4.10. The number of pyridine rings is 1. The average molecular weight is 415 g/mol. The van der Waals surface area contributed by atoms with Gasteiger partial charge < -0.3 is 5.32 Å². The Hall–Kier alpha value is -3.04. The molecule has 28 heavy (non-hydrogen) atoms. The summed E-state index contributed by atoms with van der Waals surface area (Å²) in [6.45, 7) is -0.0101. The van der Waals surface area contributed by atoms with Crippen LogP contribution < -0.4 is 9.62 Å². The maximum absolute atomic E-state index is 13.2. The van der Waals surface area contributed by atoms with Gasteiger partial charge in [-0.3, -0.25) is 14.1 Å². The van der Waals surface area contributed by atoms with Crippen LogP contribution in [-0.4, -0.2) is 19.2 Å². The number of fused-ring (bicyclic) bond motifs is 1. The number of nitrogens with zero attached hydrogens (tertiary/aromatic N) is 2. The second-order valence-corrected chi connectivity index (χ2v) is 8.74. The molecule has 0 spiro atoms. The van der Waals surface area contributed by atoms with E-state index in [4.69, 9.17) is 0 Å². The molecule has 142 valence electrons. The van der Waals surface area contributed by atoms with Crippen molar-refractivity contribution in [2.75, 3.05) is 9.62 Å². The van der Waals surface area contributed by atoms with Crippen LogP contribution in [0.5, 0.6) is 0 Å². The first-order valence-corrected chi connectivity index (χ1v) is 10.5. The summed E-state index contributed by atoms with van der Waals surface area (Å²) in [5.41, 5.74) is 1.49. The van der Waals surface area contributed by atoms with Gasteiger partial charge in [0.25, 0.3) is 10.0 Å². The SMILES string of the molecule is O=C1/C(=C/Nc2cccnc2)S(=O)(=O)N(Cc2ccc(F)cc2)c2ccsc21. The molecule has 1 aliphatic rings. The quantitative estimate of drug-likeness (QED) is 0.656. The average Bonchev–Trinajstić information content (AvgIpc) is 3.17. The molecule has 4 rings (SSSR count). The Morgan fingerprint density at radius 3 is 2.68 bits per heavy atom. The van der Waals surface area contributed by atoms with Crippen LogP contribution in [0.15, 0.2) is 71.3 Å². The smallest absolute Gasteiger partial charge is 0.270 e. The Kier molecular flexibility index (Phi) is 4.70. The number of anilines is 2. The van der Waals surface area contributed by atoms with E-state index in [0.717, 1.165) is 0 Å². The lowest BCUT2D eigenvalue weighted by molar-refractivity contribution is 0.104. The van der Waals surface area contributed by atoms with Crippen LogP contribution in [-0.2, 0) is 16.6 Å². The molecule has 0 saturated carbocycles. The number of aromatic nitrogens is 1. The zero-order valence-corrected chi connectivity index (χ0v) is 16.0. The van der Waals surface area contributed by atoms with Crippen molar-refractivity contribution < 1.29 is 17.6 Å². The molecule has 1 aliphatic heterocycles. The summed E-state index contributed by atoms with van der Waals surface area (Å²) >= 11 is 1.18. The molecule has 0 unspecified atom stereocenters. The van der Waals surface area contributed by atoms with Gasteiger partial charge >= 0.3 is 0 Å². The summed E-state index contributed by atoms with van der Waals surface area (Å²) in [7, 11) is -4.10. The molecule has 1 aromatic carbocycles. The van der Waals surface area contributed by atoms with E-state index in [1.54, 1.807) is 29.8 Å². The molecule has 1 N–H and O–H groups in total. The van der Waals surface area contributed by atoms with Gasteiger partial charge in [0, 0.05) is 12.4 Å². The maximum atomic E-state index is 13.2. The van der Waals surface area contributed by atoms with E-state index in [0.29, 0.717) is 21.8 Å². The third kappa shape index (κ3) is 3.30. The number of thiophene rings is 1. The first kappa shape index (κ1) is 18.3. The lowest BCUT2D eigenvalue weighted by Gasteiger charge is -2.29. The number of carbonyl (C=O) groups excluding carboxylic acids is 1. The van der Waals surface area contributed by atoms with Crippen LogP contribution in [0.2, 0.25) is 0 Å². The summed E-state index contributed by atoms with van der Waals surface area (Å²) in [5.74, 6) is -0.963. The van der Waals surface area contributed by atoms with Crippen LogP contribution in [0.4, 0.5) is 15.8 Å². The van der Waals surface area contributed by atoms with E-state index in [2.05, 4.69) is 10.3 Å². The van der Waals surface area contributed by atoms with Crippen LogP contribution >= 0.6 is 11.3 Å². The highest BCUT2D eigenvalue weighted by atomic mass is 32.2. The Labute approximate surface area is 165 Å². The molecule has 0 radical (unpaired) electrons. The first-order chi connectivity index (χ1) is 13.5. The van der Waals surface area contributed by atoms with Crippen molar-refractivity contribution in [3.63, 3.8) is 0 Å². The van der Waals surface area contributed by atoms with E-state index in [9.17, 15) is 17.6 Å². The van der Waals surface area contributed by atoms with E-state index >= 15 is 0 Å². The Morgan fingerprint density at radius 2 is 1.96 bits per heavy atom. The molecule has 0 atom stereocenters. The van der Waals surface area contributed by atoms with E-state index in [-0.39, 0.29) is 11.4 Å². The second kappa shape index (κ2) is 7.17. The molecular formula is C19H14FN3O3S2. The number of halogens is 1. The molecule has 3 heterocycles. The van der Waals surface area contributed by atoms with Crippen LogP contribution in [0.25, 0.3) is 0 Å². The molecular weight excluding hydrogens is 401 g/mol. The zero-order valence-electron chi connectivity index (χ0n) is 14.4. The van der Waals surface area contributed by atoms with E-state index < -0.39 is 21.6 Å². The topological polar surface area (TPSA) is 79.4 Å². The fraction of sp³-hybridized carbons (Fsp3) is 0.0526. The summed E-state index contributed by atoms with van der Waals surface area (Å²) < 4.78 is 40.7. The van der Waals surface area contributed by atoms with Crippen molar-refractivity contribution in [2.24, 2.45) is 0 Å². The third-order valence-corrected chi connectivity index (χ3v) is 6.85. The molecule has 0 aliphatic carbocycles. The number of rotatable bonds is 4.